The Labute approximate surface area is 110 Å². The normalized spacial score (nSPS) is 25.2. The molecule has 98 valence electrons. The average molecular weight is 245 g/mol. The van der Waals surface area contributed by atoms with Crippen molar-refractivity contribution in [3.05, 3.63) is 42.0 Å². The van der Waals surface area contributed by atoms with Crippen LogP contribution in [0.1, 0.15) is 37.7 Å². The minimum absolute atomic E-state index is 0.220. The first-order valence-corrected chi connectivity index (χ1v) is 6.95. The molecule has 1 aliphatic carbocycles. The highest BCUT2D eigenvalue weighted by Crippen LogP contribution is 2.19. The van der Waals surface area contributed by atoms with E-state index < -0.39 is 0 Å². The van der Waals surface area contributed by atoms with E-state index in [0.717, 1.165) is 12.8 Å². The Kier molecular flexibility index (Phi) is 5.43. The number of ether oxygens (including phenoxy) is 1. The second-order valence-electron chi connectivity index (χ2n) is 4.99. The van der Waals surface area contributed by atoms with Gasteiger partial charge in [-0.2, -0.15) is 0 Å². The van der Waals surface area contributed by atoms with Crippen LogP contribution in [0.2, 0.25) is 0 Å². The first-order chi connectivity index (χ1) is 8.86. The zero-order valence-corrected chi connectivity index (χ0v) is 10.9. The molecular weight excluding hydrogens is 222 g/mol. The Morgan fingerprint density at radius 2 is 1.89 bits per heavy atom. The maximum absolute atomic E-state index is 6.12. The van der Waals surface area contributed by atoms with E-state index in [9.17, 15) is 0 Å². The van der Waals surface area contributed by atoms with E-state index in [1.807, 2.05) is 18.2 Å². The van der Waals surface area contributed by atoms with Gasteiger partial charge in [-0.25, -0.2) is 0 Å². The third-order valence-corrected chi connectivity index (χ3v) is 3.52. The molecule has 0 aliphatic heterocycles. The Morgan fingerprint density at radius 1 is 1.11 bits per heavy atom. The molecule has 1 saturated carbocycles. The second kappa shape index (κ2) is 7.34. The van der Waals surface area contributed by atoms with Gasteiger partial charge in [0.15, 0.2) is 0 Å². The standard InChI is InChI=1S/C16H23NO/c17-15-11-5-2-6-12-16(15)18-13-7-10-14-8-3-1-4-9-14/h1,3-4,7-10,15-16H,2,5-6,11-13,17H2/b10-7+. The Hall–Kier alpha value is -1.12. The number of benzene rings is 1. The van der Waals surface area contributed by atoms with Gasteiger partial charge in [0.2, 0.25) is 0 Å². The molecule has 0 bridgehead atoms. The van der Waals surface area contributed by atoms with Gasteiger partial charge in [-0.15, -0.1) is 0 Å². The molecule has 0 saturated heterocycles. The maximum atomic E-state index is 6.12. The molecule has 0 radical (unpaired) electrons. The van der Waals surface area contributed by atoms with Crippen LogP contribution in [0.25, 0.3) is 6.08 Å². The Balaban J connectivity index is 1.75. The quantitative estimate of drug-likeness (QED) is 0.825. The molecule has 18 heavy (non-hydrogen) atoms. The molecule has 2 nitrogen and oxygen atoms in total. The SMILES string of the molecule is NC1CCCCCC1OC/C=C/c1ccccc1. The van der Waals surface area contributed by atoms with Gasteiger partial charge in [-0.1, -0.05) is 61.7 Å². The van der Waals surface area contributed by atoms with E-state index in [4.69, 9.17) is 10.5 Å². The van der Waals surface area contributed by atoms with E-state index >= 15 is 0 Å². The molecule has 2 atom stereocenters. The average Bonchev–Trinajstić information content (AvgIpc) is 2.61. The van der Waals surface area contributed by atoms with Crippen LogP contribution in [0, 0.1) is 0 Å². The van der Waals surface area contributed by atoms with Gasteiger partial charge < -0.3 is 10.5 Å². The Morgan fingerprint density at radius 3 is 2.72 bits per heavy atom. The minimum Gasteiger partial charge on any atom is -0.373 e. The van der Waals surface area contributed by atoms with Crippen molar-refractivity contribution in [2.24, 2.45) is 5.73 Å². The topological polar surface area (TPSA) is 35.2 Å². The van der Waals surface area contributed by atoms with Crippen LogP contribution < -0.4 is 5.73 Å². The fraction of sp³-hybridized carbons (Fsp3) is 0.500. The Bertz CT molecular complexity index is 361. The van der Waals surface area contributed by atoms with Crippen LogP contribution in [0.4, 0.5) is 0 Å². The molecule has 0 aromatic heterocycles. The summed E-state index contributed by atoms with van der Waals surface area (Å²) in [5, 5.41) is 0. The van der Waals surface area contributed by atoms with Gasteiger partial charge in [-0.05, 0) is 18.4 Å². The van der Waals surface area contributed by atoms with E-state index in [-0.39, 0.29) is 12.1 Å². The molecule has 2 N–H and O–H groups in total. The van der Waals surface area contributed by atoms with Crippen LogP contribution in [0.15, 0.2) is 36.4 Å². The van der Waals surface area contributed by atoms with Crippen LogP contribution >= 0.6 is 0 Å². The van der Waals surface area contributed by atoms with Crippen LogP contribution in [-0.4, -0.2) is 18.8 Å². The number of nitrogens with two attached hydrogens (primary N) is 1. The van der Waals surface area contributed by atoms with Crippen molar-refractivity contribution in [2.45, 2.75) is 44.2 Å². The first kappa shape index (κ1) is 13.3. The van der Waals surface area contributed by atoms with Gasteiger partial charge in [-0.3, -0.25) is 0 Å². The highest BCUT2D eigenvalue weighted by molar-refractivity contribution is 5.48. The highest BCUT2D eigenvalue weighted by Gasteiger charge is 2.20. The van der Waals surface area contributed by atoms with Crippen LogP contribution in [0.3, 0.4) is 0 Å². The van der Waals surface area contributed by atoms with Gasteiger partial charge >= 0.3 is 0 Å². The molecule has 1 aromatic rings. The largest absolute Gasteiger partial charge is 0.373 e. The molecule has 1 aromatic carbocycles. The van der Waals surface area contributed by atoms with Crippen molar-refractivity contribution >= 4 is 6.08 Å². The monoisotopic (exact) mass is 245 g/mol. The van der Waals surface area contributed by atoms with Gasteiger partial charge in [0, 0.05) is 6.04 Å². The summed E-state index contributed by atoms with van der Waals surface area (Å²) in [5.41, 5.74) is 7.34. The lowest BCUT2D eigenvalue weighted by Gasteiger charge is -2.20. The summed E-state index contributed by atoms with van der Waals surface area (Å²) in [7, 11) is 0. The number of hydrogen-bond donors (Lipinski definition) is 1. The summed E-state index contributed by atoms with van der Waals surface area (Å²) in [6.45, 7) is 0.660. The van der Waals surface area contributed by atoms with Crippen molar-refractivity contribution in [3.63, 3.8) is 0 Å². The summed E-state index contributed by atoms with van der Waals surface area (Å²) in [6, 6.07) is 10.5. The van der Waals surface area contributed by atoms with Crippen LogP contribution in [-0.2, 0) is 4.74 Å². The van der Waals surface area contributed by atoms with Crippen molar-refractivity contribution < 1.29 is 4.74 Å². The molecular formula is C16H23NO. The molecule has 2 rings (SSSR count). The third-order valence-electron chi connectivity index (χ3n) is 3.52. The second-order valence-corrected chi connectivity index (χ2v) is 4.99. The van der Waals surface area contributed by atoms with E-state index in [0.29, 0.717) is 6.61 Å². The van der Waals surface area contributed by atoms with E-state index in [1.165, 1.54) is 24.8 Å². The molecule has 1 fully saturated rings. The summed E-state index contributed by atoms with van der Waals surface area (Å²) in [6.07, 6.45) is 10.4. The summed E-state index contributed by atoms with van der Waals surface area (Å²) < 4.78 is 5.89. The lowest BCUT2D eigenvalue weighted by molar-refractivity contribution is 0.0502. The molecule has 2 heteroatoms. The van der Waals surface area contributed by atoms with Gasteiger partial charge in [0.1, 0.15) is 0 Å². The lowest BCUT2D eigenvalue weighted by Crippen LogP contribution is -2.35. The summed E-state index contributed by atoms with van der Waals surface area (Å²) in [5.74, 6) is 0. The molecule has 0 spiro atoms. The molecule has 2 unspecified atom stereocenters. The lowest BCUT2D eigenvalue weighted by atomic mass is 10.1. The third kappa shape index (κ3) is 4.28. The fourth-order valence-electron chi connectivity index (χ4n) is 2.44. The summed E-state index contributed by atoms with van der Waals surface area (Å²) in [4.78, 5) is 0. The van der Waals surface area contributed by atoms with Crippen molar-refractivity contribution in [3.8, 4) is 0 Å². The predicted octanol–water partition coefficient (Wildman–Crippen LogP) is 3.38. The van der Waals surface area contributed by atoms with Crippen LogP contribution in [0.5, 0.6) is 0 Å². The zero-order valence-electron chi connectivity index (χ0n) is 10.9. The van der Waals surface area contributed by atoms with E-state index in [2.05, 4.69) is 24.3 Å². The van der Waals surface area contributed by atoms with Crippen molar-refractivity contribution in [1.29, 1.82) is 0 Å². The molecule has 0 amide bonds. The summed E-state index contributed by atoms with van der Waals surface area (Å²) >= 11 is 0. The highest BCUT2D eigenvalue weighted by atomic mass is 16.5. The van der Waals surface area contributed by atoms with Crippen molar-refractivity contribution in [1.82, 2.24) is 0 Å². The zero-order chi connectivity index (χ0) is 12.6. The predicted molar refractivity (Wildman–Crippen MR) is 76.3 cm³/mol. The van der Waals surface area contributed by atoms with E-state index in [1.54, 1.807) is 0 Å². The smallest absolute Gasteiger partial charge is 0.0730 e. The van der Waals surface area contributed by atoms with Crippen molar-refractivity contribution in [2.75, 3.05) is 6.61 Å². The van der Waals surface area contributed by atoms with Gasteiger partial charge in [0.05, 0.1) is 12.7 Å². The first-order valence-electron chi connectivity index (χ1n) is 6.95. The number of hydrogen-bond acceptors (Lipinski definition) is 2. The fourth-order valence-corrected chi connectivity index (χ4v) is 2.44. The number of rotatable bonds is 4. The molecule has 1 aliphatic rings. The molecule has 0 heterocycles. The maximum Gasteiger partial charge on any atom is 0.0730 e. The minimum atomic E-state index is 0.220. The van der Waals surface area contributed by atoms with Gasteiger partial charge in [0.25, 0.3) is 0 Å².